The van der Waals surface area contributed by atoms with Crippen molar-refractivity contribution in [1.29, 1.82) is 0 Å². The van der Waals surface area contributed by atoms with Crippen LogP contribution in [0, 0.1) is 17.5 Å². The number of carbonyl (C=O) groups excluding carboxylic acids is 2. The van der Waals surface area contributed by atoms with Crippen LogP contribution in [0.15, 0.2) is 24.4 Å². The molecule has 2 aromatic heterocycles. The number of tetrazole rings is 1. The number of esters is 1. The lowest BCUT2D eigenvalue weighted by atomic mass is 10.1. The minimum Gasteiger partial charge on any atom is -0.460 e. The summed E-state index contributed by atoms with van der Waals surface area (Å²) in [5.74, 6) is -5.17. The van der Waals surface area contributed by atoms with Crippen LogP contribution in [0.1, 0.15) is 48.0 Å². The van der Waals surface area contributed by atoms with E-state index in [1.807, 2.05) is 0 Å². The predicted molar refractivity (Wildman–Crippen MR) is 136 cm³/mol. The Kier molecular flexibility index (Phi) is 9.23. The Hall–Kier alpha value is -3.94. The Bertz CT molecular complexity index is 1360. The maximum atomic E-state index is 14.9. The first kappa shape index (κ1) is 30.6. The van der Waals surface area contributed by atoms with Crippen molar-refractivity contribution in [3.8, 4) is 23.0 Å². The summed E-state index contributed by atoms with van der Waals surface area (Å²) in [6.45, 7) is 9.92. The first-order chi connectivity index (χ1) is 18.5. The average Bonchev–Trinajstić information content (AvgIpc) is 3.23. The smallest absolute Gasteiger partial charge is 0.407 e. The zero-order valence-corrected chi connectivity index (χ0v) is 23.3. The molecular formula is C25H28ClF3N6O5. The summed E-state index contributed by atoms with van der Waals surface area (Å²) in [4.78, 5) is 29.4. The largest absolute Gasteiger partial charge is 0.460 e. The van der Waals surface area contributed by atoms with Crippen molar-refractivity contribution in [1.82, 2.24) is 30.5 Å². The Balaban J connectivity index is 1.79. The number of aromatic nitrogens is 5. The quantitative estimate of drug-likeness (QED) is 0.354. The van der Waals surface area contributed by atoms with Gasteiger partial charge in [0.15, 0.2) is 17.4 Å². The number of rotatable bonds is 8. The average molecular weight is 585 g/mol. The highest BCUT2D eigenvalue weighted by atomic mass is 35.5. The van der Waals surface area contributed by atoms with Crippen molar-refractivity contribution in [2.75, 3.05) is 0 Å². The van der Waals surface area contributed by atoms with Crippen LogP contribution in [0.4, 0.5) is 18.0 Å². The summed E-state index contributed by atoms with van der Waals surface area (Å²) in [6.07, 6.45) is 0.0211. The third-order valence-electron chi connectivity index (χ3n) is 4.63. The van der Waals surface area contributed by atoms with E-state index in [0.29, 0.717) is 6.07 Å². The molecule has 0 fully saturated rings. The van der Waals surface area contributed by atoms with E-state index >= 15 is 0 Å². The van der Waals surface area contributed by atoms with Crippen molar-refractivity contribution in [2.24, 2.45) is 0 Å². The number of pyridine rings is 1. The molecule has 0 aliphatic heterocycles. The topological polar surface area (TPSA) is 130 Å². The van der Waals surface area contributed by atoms with Crippen molar-refractivity contribution in [3.63, 3.8) is 0 Å². The number of nitrogens with zero attached hydrogens (tertiary/aromatic N) is 5. The van der Waals surface area contributed by atoms with E-state index < -0.39 is 58.4 Å². The molecule has 0 spiro atoms. The summed E-state index contributed by atoms with van der Waals surface area (Å²) in [5.41, 5.74) is -1.94. The van der Waals surface area contributed by atoms with Gasteiger partial charge in [0.1, 0.15) is 17.0 Å². The second kappa shape index (κ2) is 12.1. The first-order valence-electron chi connectivity index (χ1n) is 12.0. The molecule has 3 aromatic rings. The van der Waals surface area contributed by atoms with Gasteiger partial charge in [-0.05, 0) is 58.9 Å². The maximum Gasteiger partial charge on any atom is 0.407 e. The number of alkyl carbamates (subject to hydrolysis) is 1. The summed E-state index contributed by atoms with van der Waals surface area (Å²) >= 11 is 5.63. The van der Waals surface area contributed by atoms with Crippen molar-refractivity contribution in [3.05, 3.63) is 46.9 Å². The molecule has 15 heteroatoms. The van der Waals surface area contributed by atoms with E-state index in [1.165, 1.54) is 0 Å². The molecule has 0 saturated heterocycles. The molecule has 0 aliphatic carbocycles. The van der Waals surface area contributed by atoms with Crippen LogP contribution in [0.3, 0.4) is 0 Å². The van der Waals surface area contributed by atoms with Crippen LogP contribution in [0.5, 0.6) is 11.6 Å². The molecule has 0 saturated carbocycles. The molecule has 1 N–H and O–H groups in total. The number of hydrogen-bond acceptors (Lipinski definition) is 9. The van der Waals surface area contributed by atoms with Gasteiger partial charge in [0.05, 0.1) is 29.6 Å². The van der Waals surface area contributed by atoms with Crippen LogP contribution in [-0.4, -0.2) is 54.5 Å². The molecule has 3 rings (SSSR count). The molecule has 2 heterocycles. The fourth-order valence-corrected chi connectivity index (χ4v) is 3.35. The minimum atomic E-state index is -1.06. The van der Waals surface area contributed by atoms with Crippen LogP contribution >= 0.6 is 11.6 Å². The number of ether oxygens (including phenoxy) is 3. The highest BCUT2D eigenvalue weighted by Crippen LogP contribution is 2.31. The molecular weight excluding hydrogens is 557 g/mol. The fourth-order valence-electron chi connectivity index (χ4n) is 3.20. The zero-order chi connectivity index (χ0) is 29.8. The Morgan fingerprint density at radius 2 is 1.68 bits per heavy atom. The summed E-state index contributed by atoms with van der Waals surface area (Å²) in [5, 5.41) is 14.2. The van der Waals surface area contributed by atoms with Gasteiger partial charge in [0.2, 0.25) is 5.82 Å². The molecule has 0 unspecified atom stereocenters. The number of hydrogen-bond donors (Lipinski definition) is 1. The molecule has 1 atom stereocenters. The number of carbonyl (C=O) groups is 2. The second-order valence-corrected chi connectivity index (χ2v) is 11.0. The summed E-state index contributed by atoms with van der Waals surface area (Å²) in [6, 6.07) is 1.43. The van der Waals surface area contributed by atoms with E-state index in [9.17, 15) is 22.8 Å². The van der Waals surface area contributed by atoms with Gasteiger partial charge < -0.3 is 19.5 Å². The Morgan fingerprint density at radius 3 is 2.30 bits per heavy atom. The van der Waals surface area contributed by atoms with E-state index in [4.69, 9.17) is 25.8 Å². The molecule has 0 radical (unpaired) electrons. The number of halogens is 4. The van der Waals surface area contributed by atoms with Crippen molar-refractivity contribution in [2.45, 2.75) is 71.8 Å². The van der Waals surface area contributed by atoms with Gasteiger partial charge >= 0.3 is 12.1 Å². The fraction of sp³-hybridized carbons (Fsp3) is 0.440. The SMILES string of the molecule is CC(C)(C)OC(=O)C[C@@H](Cn1nnc(-c2cc(F)c(Oc3ncc(Cl)cc3F)cc2F)n1)NC(=O)OC(C)(C)C. The molecule has 1 aromatic carbocycles. The van der Waals surface area contributed by atoms with Gasteiger partial charge in [-0.25, -0.2) is 22.9 Å². The highest BCUT2D eigenvalue weighted by molar-refractivity contribution is 6.30. The summed E-state index contributed by atoms with van der Waals surface area (Å²) < 4.78 is 59.2. The van der Waals surface area contributed by atoms with Gasteiger partial charge in [0.25, 0.3) is 5.88 Å². The normalized spacial score (nSPS) is 12.6. The first-order valence-corrected chi connectivity index (χ1v) is 12.3. The molecule has 40 heavy (non-hydrogen) atoms. The molecule has 216 valence electrons. The van der Waals surface area contributed by atoms with Gasteiger partial charge in [-0.2, -0.15) is 4.80 Å². The lowest BCUT2D eigenvalue weighted by Crippen LogP contribution is -2.43. The zero-order valence-electron chi connectivity index (χ0n) is 22.6. The summed E-state index contributed by atoms with van der Waals surface area (Å²) in [7, 11) is 0. The third-order valence-corrected chi connectivity index (χ3v) is 4.84. The number of nitrogens with one attached hydrogen (secondary N) is 1. The standard InChI is InChI=1S/C25H28ClF3N6O5/c1-24(2,3)39-20(36)8-14(31-23(37)40-25(4,5)6)12-35-33-21(32-34-35)15-9-17(28)19(10-16(15)27)38-22-18(29)7-13(26)11-30-22/h7,9-11,14H,8,12H2,1-6H3,(H,31,37)/t14-/m0/s1. The Morgan fingerprint density at radius 1 is 1.00 bits per heavy atom. The maximum absolute atomic E-state index is 14.9. The van der Waals surface area contributed by atoms with E-state index in [1.54, 1.807) is 41.5 Å². The van der Waals surface area contributed by atoms with Crippen LogP contribution in [0.2, 0.25) is 5.02 Å². The Labute approximate surface area is 233 Å². The third kappa shape index (κ3) is 9.07. The lowest BCUT2D eigenvalue weighted by Gasteiger charge is -2.24. The number of amides is 1. The van der Waals surface area contributed by atoms with E-state index in [0.717, 1.165) is 23.1 Å². The van der Waals surface area contributed by atoms with Gasteiger partial charge in [-0.1, -0.05) is 11.6 Å². The van der Waals surface area contributed by atoms with Crippen LogP contribution in [-0.2, 0) is 20.8 Å². The predicted octanol–water partition coefficient (Wildman–Crippen LogP) is 5.22. The monoisotopic (exact) mass is 584 g/mol. The van der Waals surface area contributed by atoms with Crippen LogP contribution in [0.25, 0.3) is 11.4 Å². The van der Waals surface area contributed by atoms with E-state index in [-0.39, 0.29) is 29.4 Å². The molecule has 0 aliphatic rings. The van der Waals surface area contributed by atoms with E-state index in [2.05, 4.69) is 25.7 Å². The second-order valence-electron chi connectivity index (χ2n) is 10.6. The van der Waals surface area contributed by atoms with Crippen molar-refractivity contribution < 1.29 is 37.0 Å². The minimum absolute atomic E-state index is 0.00404. The molecule has 1 amide bonds. The molecule has 11 nitrogen and oxygen atoms in total. The van der Waals surface area contributed by atoms with Gasteiger partial charge in [-0.3, -0.25) is 4.79 Å². The van der Waals surface area contributed by atoms with Crippen LogP contribution < -0.4 is 10.1 Å². The van der Waals surface area contributed by atoms with Gasteiger partial charge in [-0.15, -0.1) is 10.2 Å². The van der Waals surface area contributed by atoms with Crippen molar-refractivity contribution >= 4 is 23.7 Å². The lowest BCUT2D eigenvalue weighted by molar-refractivity contribution is -0.155. The highest BCUT2D eigenvalue weighted by Gasteiger charge is 2.26. The number of benzene rings is 1. The molecule has 0 bridgehead atoms. The van der Waals surface area contributed by atoms with Gasteiger partial charge in [0, 0.05) is 12.3 Å².